The Morgan fingerprint density at radius 3 is 2.95 bits per heavy atom. The highest BCUT2D eigenvalue weighted by atomic mass is 19.1. The molecule has 3 rings (SSSR count). The van der Waals surface area contributed by atoms with Crippen LogP contribution in [-0.4, -0.2) is 25.9 Å². The van der Waals surface area contributed by atoms with Crippen molar-refractivity contribution >= 4 is 11.6 Å². The highest BCUT2D eigenvalue weighted by Gasteiger charge is 2.09. The normalized spacial score (nSPS) is 10.5. The number of rotatable bonds is 4. The summed E-state index contributed by atoms with van der Waals surface area (Å²) < 4.78 is 15.0. The van der Waals surface area contributed by atoms with Crippen LogP contribution in [0, 0.1) is 5.82 Å². The molecule has 2 N–H and O–H groups in total. The fourth-order valence-corrected chi connectivity index (χ4v) is 1.92. The average Bonchev–Trinajstić information content (AvgIpc) is 3.11. The molecule has 3 aromatic rings. The lowest BCUT2D eigenvalue weighted by Gasteiger charge is -2.02. The Balaban J connectivity index is 1.71. The van der Waals surface area contributed by atoms with Crippen molar-refractivity contribution in [2.24, 2.45) is 0 Å². The molecule has 0 bridgehead atoms. The molecule has 21 heavy (non-hydrogen) atoms. The van der Waals surface area contributed by atoms with Crippen LogP contribution in [0.25, 0.3) is 5.69 Å². The number of halogens is 1. The van der Waals surface area contributed by atoms with Crippen LogP contribution >= 0.6 is 0 Å². The summed E-state index contributed by atoms with van der Waals surface area (Å²) in [5, 5.41) is 13.2. The van der Waals surface area contributed by atoms with Gasteiger partial charge >= 0.3 is 0 Å². The summed E-state index contributed by atoms with van der Waals surface area (Å²) in [4.78, 5) is 11.8. The van der Waals surface area contributed by atoms with Gasteiger partial charge in [0.2, 0.25) is 5.91 Å². The topological polar surface area (TPSA) is 75.6 Å². The minimum absolute atomic E-state index is 0.185. The lowest BCUT2D eigenvalue weighted by Crippen LogP contribution is -2.14. The quantitative estimate of drug-likeness (QED) is 0.769. The zero-order valence-corrected chi connectivity index (χ0v) is 11.0. The van der Waals surface area contributed by atoms with E-state index in [-0.39, 0.29) is 18.1 Å². The maximum Gasteiger partial charge on any atom is 0.230 e. The smallest absolute Gasteiger partial charge is 0.230 e. The first-order valence-corrected chi connectivity index (χ1v) is 6.30. The number of anilines is 1. The van der Waals surface area contributed by atoms with Gasteiger partial charge in [-0.05, 0) is 18.2 Å². The van der Waals surface area contributed by atoms with Gasteiger partial charge in [-0.3, -0.25) is 9.89 Å². The molecule has 7 heteroatoms. The van der Waals surface area contributed by atoms with E-state index in [0.717, 1.165) is 0 Å². The number of amides is 1. The fraction of sp³-hybridized carbons (Fsp3) is 0.0714. The summed E-state index contributed by atoms with van der Waals surface area (Å²) in [7, 11) is 0. The number of nitrogens with one attached hydrogen (secondary N) is 2. The number of hydrogen-bond donors (Lipinski definition) is 2. The second-order valence-corrected chi connectivity index (χ2v) is 4.43. The van der Waals surface area contributed by atoms with Crippen LogP contribution in [0.2, 0.25) is 0 Å². The predicted octanol–water partition coefficient (Wildman–Crippen LogP) is 1.92. The Morgan fingerprint density at radius 1 is 1.33 bits per heavy atom. The lowest BCUT2D eigenvalue weighted by atomic mass is 10.3. The summed E-state index contributed by atoms with van der Waals surface area (Å²) in [5.41, 5.74) is 1.54. The molecule has 0 radical (unpaired) electrons. The molecule has 2 heterocycles. The van der Waals surface area contributed by atoms with E-state index in [1.165, 1.54) is 16.9 Å². The van der Waals surface area contributed by atoms with Crippen LogP contribution < -0.4 is 5.32 Å². The van der Waals surface area contributed by atoms with Gasteiger partial charge in [-0.1, -0.05) is 12.1 Å². The van der Waals surface area contributed by atoms with Crippen LogP contribution in [0.4, 0.5) is 10.1 Å². The molecule has 0 aliphatic heterocycles. The van der Waals surface area contributed by atoms with Crippen molar-refractivity contribution in [2.45, 2.75) is 6.42 Å². The van der Waals surface area contributed by atoms with Crippen molar-refractivity contribution in [2.75, 3.05) is 5.32 Å². The Kier molecular flexibility index (Phi) is 3.46. The van der Waals surface area contributed by atoms with Crippen molar-refractivity contribution < 1.29 is 9.18 Å². The summed E-state index contributed by atoms with van der Waals surface area (Å²) in [5.74, 6) is -0.580. The number of benzene rings is 1. The molecule has 6 nitrogen and oxygen atoms in total. The molecule has 0 fully saturated rings. The first-order valence-electron chi connectivity index (χ1n) is 6.30. The molecular weight excluding hydrogens is 273 g/mol. The second kappa shape index (κ2) is 5.58. The van der Waals surface area contributed by atoms with Gasteiger partial charge in [0.1, 0.15) is 11.5 Å². The second-order valence-electron chi connectivity index (χ2n) is 4.43. The van der Waals surface area contributed by atoms with E-state index in [4.69, 9.17) is 0 Å². The maximum atomic E-state index is 13.6. The van der Waals surface area contributed by atoms with Gasteiger partial charge < -0.3 is 5.32 Å². The van der Waals surface area contributed by atoms with Crippen LogP contribution in [-0.2, 0) is 11.2 Å². The minimum atomic E-state index is -0.379. The summed E-state index contributed by atoms with van der Waals surface area (Å²) in [6.07, 6.45) is 4.80. The van der Waals surface area contributed by atoms with E-state index in [1.54, 1.807) is 36.7 Å². The van der Waals surface area contributed by atoms with Gasteiger partial charge in [-0.25, -0.2) is 9.07 Å². The van der Waals surface area contributed by atoms with Crippen LogP contribution in [0.5, 0.6) is 0 Å². The summed E-state index contributed by atoms with van der Waals surface area (Å²) in [6.45, 7) is 0. The van der Waals surface area contributed by atoms with Crippen molar-refractivity contribution in [1.82, 2.24) is 20.0 Å². The lowest BCUT2D eigenvalue weighted by molar-refractivity contribution is -0.115. The van der Waals surface area contributed by atoms with Crippen LogP contribution in [0.3, 0.4) is 0 Å². The number of H-pyrrole nitrogens is 1. The van der Waals surface area contributed by atoms with E-state index >= 15 is 0 Å². The molecule has 0 saturated heterocycles. The van der Waals surface area contributed by atoms with Crippen molar-refractivity contribution in [3.63, 3.8) is 0 Å². The number of aromatic amines is 1. The highest BCUT2D eigenvalue weighted by molar-refractivity contribution is 5.91. The third-order valence-electron chi connectivity index (χ3n) is 2.88. The predicted molar refractivity (Wildman–Crippen MR) is 74.4 cm³/mol. The number of carbonyl (C=O) groups is 1. The Morgan fingerprint density at radius 2 is 2.19 bits per heavy atom. The molecule has 1 amide bonds. The first-order chi connectivity index (χ1) is 10.2. The molecule has 0 aliphatic carbocycles. The number of para-hydroxylation sites is 1. The minimum Gasteiger partial charge on any atom is -0.323 e. The monoisotopic (exact) mass is 285 g/mol. The molecule has 0 spiro atoms. The van der Waals surface area contributed by atoms with Gasteiger partial charge in [0, 0.05) is 11.9 Å². The summed E-state index contributed by atoms with van der Waals surface area (Å²) in [6, 6.07) is 8.01. The van der Waals surface area contributed by atoms with E-state index in [1.807, 2.05) is 0 Å². The Hall–Kier alpha value is -2.96. The molecule has 0 aliphatic rings. The van der Waals surface area contributed by atoms with Crippen molar-refractivity contribution in [3.05, 3.63) is 60.4 Å². The summed E-state index contributed by atoms with van der Waals surface area (Å²) >= 11 is 0. The van der Waals surface area contributed by atoms with Gasteiger partial charge in [0.25, 0.3) is 0 Å². The first kappa shape index (κ1) is 13.0. The largest absolute Gasteiger partial charge is 0.323 e. The van der Waals surface area contributed by atoms with Crippen molar-refractivity contribution in [3.8, 4) is 5.69 Å². The third kappa shape index (κ3) is 2.97. The van der Waals surface area contributed by atoms with Crippen molar-refractivity contribution in [1.29, 1.82) is 0 Å². The Bertz CT molecular complexity index is 750. The molecule has 106 valence electrons. The molecular formula is C14H12FN5O. The van der Waals surface area contributed by atoms with Gasteiger partial charge in [0.15, 0.2) is 0 Å². The average molecular weight is 285 g/mol. The molecule has 2 aromatic heterocycles. The number of hydrogen-bond acceptors (Lipinski definition) is 3. The molecule has 0 saturated carbocycles. The fourth-order valence-electron chi connectivity index (χ4n) is 1.92. The number of aromatic nitrogens is 4. The van der Waals surface area contributed by atoms with Gasteiger partial charge in [-0.15, -0.1) is 0 Å². The zero-order chi connectivity index (χ0) is 14.7. The molecule has 0 atom stereocenters. The van der Waals surface area contributed by atoms with E-state index < -0.39 is 0 Å². The molecule has 1 aromatic carbocycles. The Labute approximate surface area is 119 Å². The van der Waals surface area contributed by atoms with Crippen LogP contribution in [0.1, 0.15) is 5.69 Å². The van der Waals surface area contributed by atoms with Crippen LogP contribution in [0.15, 0.2) is 48.9 Å². The number of carbonyl (C=O) groups excluding carboxylic acids is 1. The number of nitrogens with zero attached hydrogens (tertiary/aromatic N) is 3. The van der Waals surface area contributed by atoms with Gasteiger partial charge in [0.05, 0.1) is 24.5 Å². The SMILES string of the molecule is O=C(Cc1ccn[nH]1)Nc1cnn(-c2ccccc2F)c1. The van der Waals surface area contributed by atoms with Gasteiger partial charge in [-0.2, -0.15) is 10.2 Å². The molecule has 0 unspecified atom stereocenters. The highest BCUT2D eigenvalue weighted by Crippen LogP contribution is 2.15. The third-order valence-corrected chi connectivity index (χ3v) is 2.88. The maximum absolute atomic E-state index is 13.6. The van der Waals surface area contributed by atoms with E-state index in [2.05, 4.69) is 20.6 Å². The standard InChI is InChI=1S/C14H12FN5O/c15-12-3-1-2-4-13(12)20-9-11(8-17-20)18-14(21)7-10-5-6-16-19-10/h1-6,8-9H,7H2,(H,16,19)(H,18,21). The van der Waals surface area contributed by atoms with E-state index in [9.17, 15) is 9.18 Å². The van der Waals surface area contributed by atoms with E-state index in [0.29, 0.717) is 17.1 Å². The zero-order valence-electron chi connectivity index (χ0n) is 11.0.